The first-order valence-corrected chi connectivity index (χ1v) is 6.91. The number of nitrogens with one attached hydrogen (secondary N) is 1. The van der Waals surface area contributed by atoms with Crippen LogP contribution in [0.3, 0.4) is 0 Å². The molecule has 4 nitrogen and oxygen atoms in total. The summed E-state index contributed by atoms with van der Waals surface area (Å²) in [6.07, 6.45) is 7.91. The van der Waals surface area contributed by atoms with Crippen LogP contribution in [0.2, 0.25) is 0 Å². The number of carbonyl (C=O) groups excluding carboxylic acids is 1. The van der Waals surface area contributed by atoms with Gasteiger partial charge in [-0.25, -0.2) is 4.98 Å². The number of furan rings is 1. The summed E-state index contributed by atoms with van der Waals surface area (Å²) in [4.78, 5) is 18.9. The molecule has 4 aromatic rings. The fourth-order valence-electron chi connectivity index (χ4n) is 2.67. The Morgan fingerprint density at radius 1 is 1.09 bits per heavy atom. The van der Waals surface area contributed by atoms with E-state index in [0.717, 1.165) is 39.6 Å². The second-order valence-corrected chi connectivity index (χ2v) is 5.04. The topological polar surface area (TPSA) is 58.9 Å². The molecule has 0 atom stereocenters. The molecule has 0 aliphatic rings. The molecule has 1 aromatic carbocycles. The van der Waals surface area contributed by atoms with Gasteiger partial charge < -0.3 is 9.40 Å². The van der Waals surface area contributed by atoms with Crippen molar-refractivity contribution in [3.8, 4) is 22.3 Å². The SMILES string of the molecule is O=Cc1ccccc1-c1cnc2[nH]cc(-c3ccoc3)c2c1. The Kier molecular flexibility index (Phi) is 2.86. The number of hydrogen-bond donors (Lipinski definition) is 1. The normalized spacial score (nSPS) is 10.9. The lowest BCUT2D eigenvalue weighted by atomic mass is 10.00. The van der Waals surface area contributed by atoms with Gasteiger partial charge in [-0.2, -0.15) is 0 Å². The summed E-state index contributed by atoms with van der Waals surface area (Å²) in [5.74, 6) is 0. The average Bonchev–Trinajstić information content (AvgIpc) is 3.23. The number of nitrogens with zero attached hydrogens (tertiary/aromatic N) is 1. The Morgan fingerprint density at radius 2 is 2.00 bits per heavy atom. The zero-order valence-corrected chi connectivity index (χ0v) is 11.6. The van der Waals surface area contributed by atoms with Crippen molar-refractivity contribution in [2.45, 2.75) is 0 Å². The molecule has 4 rings (SSSR count). The summed E-state index contributed by atoms with van der Waals surface area (Å²) in [5, 5.41) is 1.000. The molecule has 22 heavy (non-hydrogen) atoms. The zero-order chi connectivity index (χ0) is 14.9. The summed E-state index contributed by atoms with van der Waals surface area (Å²) < 4.78 is 5.16. The number of pyridine rings is 1. The van der Waals surface area contributed by atoms with Gasteiger partial charge in [-0.15, -0.1) is 0 Å². The fourth-order valence-corrected chi connectivity index (χ4v) is 2.67. The molecule has 0 unspecified atom stereocenters. The van der Waals surface area contributed by atoms with Gasteiger partial charge in [0.2, 0.25) is 0 Å². The van der Waals surface area contributed by atoms with Gasteiger partial charge in [-0.3, -0.25) is 4.79 Å². The second-order valence-electron chi connectivity index (χ2n) is 5.04. The van der Waals surface area contributed by atoms with Crippen LogP contribution < -0.4 is 0 Å². The van der Waals surface area contributed by atoms with E-state index in [1.54, 1.807) is 24.8 Å². The lowest BCUT2D eigenvalue weighted by Crippen LogP contribution is -1.88. The van der Waals surface area contributed by atoms with Crippen molar-refractivity contribution in [1.82, 2.24) is 9.97 Å². The van der Waals surface area contributed by atoms with Crippen LogP contribution in [0.1, 0.15) is 10.4 Å². The van der Waals surface area contributed by atoms with Crippen molar-refractivity contribution in [3.05, 3.63) is 66.9 Å². The fraction of sp³-hybridized carbons (Fsp3) is 0. The summed E-state index contributed by atoms with van der Waals surface area (Å²) >= 11 is 0. The predicted octanol–water partition coefficient (Wildman–Crippen LogP) is 4.30. The van der Waals surface area contributed by atoms with Crippen LogP contribution in [0, 0.1) is 0 Å². The maximum atomic E-state index is 11.2. The van der Waals surface area contributed by atoms with Crippen molar-refractivity contribution in [3.63, 3.8) is 0 Å². The van der Waals surface area contributed by atoms with E-state index in [9.17, 15) is 4.79 Å². The van der Waals surface area contributed by atoms with Crippen molar-refractivity contribution in [2.24, 2.45) is 0 Å². The smallest absolute Gasteiger partial charge is 0.150 e. The minimum absolute atomic E-state index is 0.657. The lowest BCUT2D eigenvalue weighted by Gasteiger charge is -2.05. The molecular weight excluding hydrogens is 276 g/mol. The van der Waals surface area contributed by atoms with Crippen molar-refractivity contribution >= 4 is 17.3 Å². The van der Waals surface area contributed by atoms with Crippen LogP contribution in [0.15, 0.2) is 65.7 Å². The number of rotatable bonds is 3. The molecule has 0 aliphatic carbocycles. The molecular formula is C18H12N2O2. The van der Waals surface area contributed by atoms with E-state index in [2.05, 4.69) is 9.97 Å². The third-order valence-electron chi connectivity index (χ3n) is 3.76. The van der Waals surface area contributed by atoms with Gasteiger partial charge in [0.25, 0.3) is 0 Å². The third-order valence-corrected chi connectivity index (χ3v) is 3.76. The van der Waals surface area contributed by atoms with E-state index in [-0.39, 0.29) is 0 Å². The van der Waals surface area contributed by atoms with Crippen LogP contribution >= 0.6 is 0 Å². The maximum absolute atomic E-state index is 11.2. The molecule has 0 radical (unpaired) electrons. The highest BCUT2D eigenvalue weighted by Gasteiger charge is 2.11. The highest BCUT2D eigenvalue weighted by atomic mass is 16.3. The van der Waals surface area contributed by atoms with E-state index >= 15 is 0 Å². The molecule has 1 N–H and O–H groups in total. The highest BCUT2D eigenvalue weighted by Crippen LogP contribution is 2.31. The molecule has 0 aliphatic heterocycles. The summed E-state index contributed by atoms with van der Waals surface area (Å²) in [5.41, 5.74) is 5.29. The Hall–Kier alpha value is -3.14. The summed E-state index contributed by atoms with van der Waals surface area (Å²) in [7, 11) is 0. The van der Waals surface area contributed by atoms with Crippen LogP contribution in [0.5, 0.6) is 0 Å². The number of benzene rings is 1. The molecule has 3 aromatic heterocycles. The Balaban J connectivity index is 1.94. The van der Waals surface area contributed by atoms with Crippen LogP contribution in [0.25, 0.3) is 33.3 Å². The van der Waals surface area contributed by atoms with Gasteiger partial charge in [-0.05, 0) is 17.7 Å². The van der Waals surface area contributed by atoms with Crippen LogP contribution in [-0.4, -0.2) is 16.3 Å². The number of aldehydes is 1. The van der Waals surface area contributed by atoms with Gasteiger partial charge in [0.1, 0.15) is 5.65 Å². The number of carbonyl (C=O) groups is 1. The summed E-state index contributed by atoms with van der Waals surface area (Å²) in [6.45, 7) is 0. The highest BCUT2D eigenvalue weighted by molar-refractivity contribution is 5.97. The number of hydrogen-bond acceptors (Lipinski definition) is 3. The lowest BCUT2D eigenvalue weighted by molar-refractivity contribution is 0.112. The van der Waals surface area contributed by atoms with Crippen LogP contribution in [-0.2, 0) is 0 Å². The van der Waals surface area contributed by atoms with E-state index in [0.29, 0.717) is 5.56 Å². The van der Waals surface area contributed by atoms with Gasteiger partial charge in [0.05, 0.1) is 12.5 Å². The third kappa shape index (κ3) is 1.93. The summed E-state index contributed by atoms with van der Waals surface area (Å²) in [6, 6.07) is 11.5. The predicted molar refractivity (Wildman–Crippen MR) is 84.6 cm³/mol. The quantitative estimate of drug-likeness (QED) is 0.572. The number of aromatic nitrogens is 2. The Bertz CT molecular complexity index is 952. The first-order chi connectivity index (χ1) is 10.9. The van der Waals surface area contributed by atoms with E-state index in [1.165, 1.54) is 0 Å². The van der Waals surface area contributed by atoms with E-state index < -0.39 is 0 Å². The average molecular weight is 288 g/mol. The minimum Gasteiger partial charge on any atom is -0.472 e. The zero-order valence-electron chi connectivity index (χ0n) is 11.6. The molecule has 3 heterocycles. The molecule has 0 fully saturated rings. The van der Waals surface area contributed by atoms with Crippen LogP contribution in [0.4, 0.5) is 0 Å². The van der Waals surface area contributed by atoms with Gasteiger partial charge in [-0.1, -0.05) is 24.3 Å². The number of fused-ring (bicyclic) bond motifs is 1. The minimum atomic E-state index is 0.657. The van der Waals surface area contributed by atoms with Crippen molar-refractivity contribution in [2.75, 3.05) is 0 Å². The number of H-pyrrole nitrogens is 1. The van der Waals surface area contributed by atoms with E-state index in [1.807, 2.05) is 36.5 Å². The van der Waals surface area contributed by atoms with Gasteiger partial charge in [0.15, 0.2) is 6.29 Å². The molecule has 106 valence electrons. The van der Waals surface area contributed by atoms with Gasteiger partial charge in [0, 0.05) is 40.0 Å². The second kappa shape index (κ2) is 5.00. The Labute approximate surface area is 126 Å². The first kappa shape index (κ1) is 12.6. The molecule has 4 heteroatoms. The molecule has 0 amide bonds. The molecule has 0 saturated heterocycles. The van der Waals surface area contributed by atoms with Crippen molar-refractivity contribution in [1.29, 1.82) is 0 Å². The molecule has 0 saturated carbocycles. The monoisotopic (exact) mass is 288 g/mol. The Morgan fingerprint density at radius 3 is 2.82 bits per heavy atom. The standard InChI is InChI=1S/C18H12N2O2/c21-10-12-3-1-2-4-15(12)14-7-16-17(13-5-6-22-11-13)9-20-18(16)19-8-14/h1-11H,(H,19,20). The van der Waals surface area contributed by atoms with Gasteiger partial charge >= 0.3 is 0 Å². The maximum Gasteiger partial charge on any atom is 0.150 e. The molecule has 0 spiro atoms. The first-order valence-electron chi connectivity index (χ1n) is 6.91. The van der Waals surface area contributed by atoms with E-state index in [4.69, 9.17) is 4.42 Å². The largest absolute Gasteiger partial charge is 0.472 e. The number of aromatic amines is 1. The molecule has 0 bridgehead atoms. The van der Waals surface area contributed by atoms with Crippen molar-refractivity contribution < 1.29 is 9.21 Å².